The zero-order valence-corrected chi connectivity index (χ0v) is 11.1. The first-order valence-electron chi connectivity index (χ1n) is 5.86. The molecule has 0 saturated heterocycles. The Bertz CT molecular complexity index is 481. The third-order valence-electron chi connectivity index (χ3n) is 3.04. The first-order chi connectivity index (χ1) is 8.61. The van der Waals surface area contributed by atoms with E-state index in [1.165, 1.54) is 0 Å². The van der Waals surface area contributed by atoms with Crippen molar-refractivity contribution in [2.24, 2.45) is 5.73 Å². The van der Waals surface area contributed by atoms with Gasteiger partial charge in [0.2, 0.25) is 0 Å². The smallest absolute Gasteiger partial charge is 0.324 e. The molecule has 19 heavy (non-hydrogen) atoms. The van der Waals surface area contributed by atoms with Crippen LogP contribution in [0.2, 0.25) is 0 Å². The lowest BCUT2D eigenvalue weighted by molar-refractivity contribution is -0.184. The van der Waals surface area contributed by atoms with Crippen LogP contribution < -0.4 is 11.1 Å². The van der Waals surface area contributed by atoms with Crippen LogP contribution in [0.15, 0.2) is 18.2 Å². The van der Waals surface area contributed by atoms with Crippen molar-refractivity contribution in [1.82, 2.24) is 0 Å². The zero-order valence-electron chi connectivity index (χ0n) is 11.1. The second kappa shape index (κ2) is 5.21. The van der Waals surface area contributed by atoms with Gasteiger partial charge in [-0.1, -0.05) is 25.1 Å². The van der Waals surface area contributed by atoms with Crippen molar-refractivity contribution in [3.8, 4) is 0 Å². The molecule has 1 rings (SSSR count). The molecule has 0 bridgehead atoms. The van der Waals surface area contributed by atoms with Gasteiger partial charge in [-0.25, -0.2) is 0 Å². The first-order valence-corrected chi connectivity index (χ1v) is 5.86. The fourth-order valence-corrected chi connectivity index (χ4v) is 1.57. The second-order valence-electron chi connectivity index (χ2n) is 4.62. The number of aryl methyl sites for hydroxylation is 2. The molecule has 0 radical (unpaired) electrons. The Morgan fingerprint density at radius 2 is 1.95 bits per heavy atom. The highest BCUT2D eigenvalue weighted by atomic mass is 19.4. The molecule has 0 fully saturated rings. The van der Waals surface area contributed by atoms with Gasteiger partial charge >= 0.3 is 6.18 Å². The molecule has 0 aliphatic rings. The van der Waals surface area contributed by atoms with Gasteiger partial charge < -0.3 is 11.1 Å². The number of para-hydroxylation sites is 1. The lowest BCUT2D eigenvalue weighted by atomic mass is 10.0. The minimum atomic E-state index is -4.80. The molecule has 0 spiro atoms. The number of carbonyl (C=O) groups excluding carboxylic acids is 1. The summed E-state index contributed by atoms with van der Waals surface area (Å²) in [6.45, 7) is 4.23. The molecule has 106 valence electrons. The van der Waals surface area contributed by atoms with Crippen LogP contribution in [0.1, 0.15) is 25.0 Å². The highest BCUT2D eigenvalue weighted by Crippen LogP contribution is 2.30. The number of hydrogen-bond donors (Lipinski definition) is 2. The Balaban J connectivity index is 3.08. The molecule has 1 aromatic rings. The van der Waals surface area contributed by atoms with Crippen molar-refractivity contribution in [2.45, 2.75) is 38.9 Å². The third-order valence-corrected chi connectivity index (χ3v) is 3.04. The summed E-state index contributed by atoms with van der Waals surface area (Å²) in [6.07, 6.45) is -4.20. The molecular weight excluding hydrogens is 257 g/mol. The molecule has 1 atom stereocenters. The van der Waals surface area contributed by atoms with Crippen LogP contribution in [0.5, 0.6) is 0 Å². The van der Waals surface area contributed by atoms with E-state index >= 15 is 0 Å². The van der Waals surface area contributed by atoms with Crippen LogP contribution in [0.4, 0.5) is 18.9 Å². The highest BCUT2D eigenvalue weighted by molar-refractivity contribution is 5.99. The summed E-state index contributed by atoms with van der Waals surface area (Å²) in [4.78, 5) is 11.7. The number of nitrogens with one attached hydrogen (secondary N) is 1. The van der Waals surface area contributed by atoms with Gasteiger partial charge in [-0.05, 0) is 31.4 Å². The summed E-state index contributed by atoms with van der Waals surface area (Å²) < 4.78 is 38.1. The summed E-state index contributed by atoms with van der Waals surface area (Å²) >= 11 is 0. The SMILES string of the molecule is CCc1cccc(C)c1NC(=O)C(C)(N)C(F)(F)F. The number of amides is 1. The zero-order chi connectivity index (χ0) is 14.8. The van der Waals surface area contributed by atoms with Crippen molar-refractivity contribution in [3.63, 3.8) is 0 Å². The van der Waals surface area contributed by atoms with Crippen molar-refractivity contribution < 1.29 is 18.0 Å². The lowest BCUT2D eigenvalue weighted by Crippen LogP contribution is -2.59. The van der Waals surface area contributed by atoms with E-state index in [0.29, 0.717) is 24.6 Å². The molecule has 1 unspecified atom stereocenters. The quantitative estimate of drug-likeness (QED) is 0.890. The van der Waals surface area contributed by atoms with Gasteiger partial charge in [-0.3, -0.25) is 4.79 Å². The van der Waals surface area contributed by atoms with E-state index in [-0.39, 0.29) is 0 Å². The predicted molar refractivity (Wildman–Crippen MR) is 67.8 cm³/mol. The number of alkyl halides is 3. The van der Waals surface area contributed by atoms with E-state index in [1.54, 1.807) is 25.1 Å². The molecule has 0 aromatic heterocycles. The van der Waals surface area contributed by atoms with Gasteiger partial charge in [0.05, 0.1) is 0 Å². The Labute approximate surface area is 110 Å². The number of rotatable bonds is 3. The molecule has 3 nitrogen and oxygen atoms in total. The highest BCUT2D eigenvalue weighted by Gasteiger charge is 2.54. The molecular formula is C13H17F3N2O. The van der Waals surface area contributed by atoms with Crippen molar-refractivity contribution in [3.05, 3.63) is 29.3 Å². The van der Waals surface area contributed by atoms with Crippen LogP contribution in [0, 0.1) is 6.92 Å². The van der Waals surface area contributed by atoms with Gasteiger partial charge in [0, 0.05) is 5.69 Å². The van der Waals surface area contributed by atoms with Crippen molar-refractivity contribution in [1.29, 1.82) is 0 Å². The van der Waals surface area contributed by atoms with Crippen LogP contribution in [0.3, 0.4) is 0 Å². The van der Waals surface area contributed by atoms with E-state index in [2.05, 4.69) is 5.32 Å². The number of benzene rings is 1. The number of hydrogen-bond acceptors (Lipinski definition) is 2. The third kappa shape index (κ3) is 3.07. The molecule has 3 N–H and O–H groups in total. The first kappa shape index (κ1) is 15.5. The maximum Gasteiger partial charge on any atom is 0.415 e. The predicted octanol–water partition coefficient (Wildman–Crippen LogP) is 2.78. The summed E-state index contributed by atoms with van der Waals surface area (Å²) in [6, 6.07) is 5.26. The summed E-state index contributed by atoms with van der Waals surface area (Å²) in [5, 5.41) is 2.29. The number of halogens is 3. The standard InChI is InChI=1S/C13H17F3N2O/c1-4-9-7-5-6-8(2)10(9)18-11(19)12(3,17)13(14,15)16/h5-7H,4,17H2,1-3H3,(H,18,19). The van der Waals surface area contributed by atoms with Crippen LogP contribution in [-0.4, -0.2) is 17.6 Å². The van der Waals surface area contributed by atoms with E-state index < -0.39 is 17.6 Å². The van der Waals surface area contributed by atoms with Crippen LogP contribution in [0.25, 0.3) is 0 Å². The number of carbonyl (C=O) groups is 1. The van der Waals surface area contributed by atoms with E-state index in [9.17, 15) is 18.0 Å². The van der Waals surface area contributed by atoms with E-state index in [1.807, 2.05) is 6.92 Å². The molecule has 6 heteroatoms. The van der Waals surface area contributed by atoms with Gasteiger partial charge in [0.1, 0.15) is 0 Å². The maximum absolute atomic E-state index is 12.7. The van der Waals surface area contributed by atoms with Gasteiger partial charge in [-0.2, -0.15) is 13.2 Å². The Morgan fingerprint density at radius 1 is 1.37 bits per heavy atom. The Kier molecular flexibility index (Phi) is 4.25. The molecule has 0 heterocycles. The monoisotopic (exact) mass is 274 g/mol. The maximum atomic E-state index is 12.7. The molecule has 0 aliphatic carbocycles. The van der Waals surface area contributed by atoms with Gasteiger partial charge in [0.15, 0.2) is 5.54 Å². The number of anilines is 1. The second-order valence-corrected chi connectivity index (χ2v) is 4.62. The van der Waals surface area contributed by atoms with Gasteiger partial charge in [0.25, 0.3) is 5.91 Å². The Hall–Kier alpha value is -1.56. The van der Waals surface area contributed by atoms with E-state index in [0.717, 1.165) is 5.56 Å². The summed E-state index contributed by atoms with van der Waals surface area (Å²) in [7, 11) is 0. The molecule has 1 aromatic carbocycles. The molecule has 0 saturated carbocycles. The average Bonchev–Trinajstić information content (AvgIpc) is 2.30. The number of nitrogens with two attached hydrogens (primary N) is 1. The molecule has 1 amide bonds. The van der Waals surface area contributed by atoms with Crippen LogP contribution in [-0.2, 0) is 11.2 Å². The van der Waals surface area contributed by atoms with Gasteiger partial charge in [-0.15, -0.1) is 0 Å². The van der Waals surface area contributed by atoms with Crippen molar-refractivity contribution in [2.75, 3.05) is 5.32 Å². The largest absolute Gasteiger partial charge is 0.415 e. The van der Waals surface area contributed by atoms with E-state index in [4.69, 9.17) is 5.73 Å². The fraction of sp³-hybridized carbons (Fsp3) is 0.462. The molecule has 0 aliphatic heterocycles. The average molecular weight is 274 g/mol. The van der Waals surface area contributed by atoms with Crippen LogP contribution >= 0.6 is 0 Å². The summed E-state index contributed by atoms with van der Waals surface area (Å²) in [5.41, 5.74) is 4.04. The lowest BCUT2D eigenvalue weighted by Gasteiger charge is -2.27. The van der Waals surface area contributed by atoms with Crippen molar-refractivity contribution >= 4 is 11.6 Å². The minimum Gasteiger partial charge on any atom is -0.324 e. The topological polar surface area (TPSA) is 55.1 Å². The fourth-order valence-electron chi connectivity index (χ4n) is 1.57. The minimum absolute atomic E-state index is 0.399. The Morgan fingerprint density at radius 3 is 2.42 bits per heavy atom. The normalized spacial score (nSPS) is 14.9. The summed E-state index contributed by atoms with van der Waals surface area (Å²) in [5.74, 6) is -1.26.